The third kappa shape index (κ3) is 3.42. The fourth-order valence-corrected chi connectivity index (χ4v) is 5.07. The van der Waals surface area contributed by atoms with E-state index in [4.69, 9.17) is 0 Å². The molecule has 2 aliphatic rings. The van der Waals surface area contributed by atoms with Crippen LogP contribution >= 0.6 is 11.3 Å². The van der Waals surface area contributed by atoms with Gasteiger partial charge in [-0.3, -0.25) is 19.4 Å². The molecule has 4 rings (SSSR count). The number of benzene rings is 1. The Morgan fingerprint density at radius 3 is 2.72 bits per heavy atom. The normalized spacial score (nSPS) is 24.1. The first-order valence-corrected chi connectivity index (χ1v) is 10.7. The molecule has 2 unspecified atom stereocenters. The maximum absolute atomic E-state index is 13.3. The van der Waals surface area contributed by atoms with Crippen LogP contribution in [0.2, 0.25) is 0 Å². The topological polar surface area (TPSA) is 82.6 Å². The van der Waals surface area contributed by atoms with E-state index >= 15 is 0 Å². The number of urea groups is 1. The monoisotopic (exact) mass is 412 g/mol. The molecule has 8 heteroatoms. The SMILES string of the molecule is Cc1csc(N(C(=O)CN2C(=O)NC3(CCCCC3C)C2=O)c2ccccc2)n1. The van der Waals surface area contributed by atoms with Crippen molar-refractivity contribution in [2.24, 2.45) is 5.92 Å². The summed E-state index contributed by atoms with van der Waals surface area (Å²) in [5.41, 5.74) is 0.591. The number of carbonyl (C=O) groups is 3. The first kappa shape index (κ1) is 19.6. The smallest absolute Gasteiger partial charge is 0.323 e. The standard InChI is InChI=1S/C21H24N4O3S/c1-14-8-6-7-11-21(14)18(27)24(19(28)23-21)12-17(26)25(16-9-4-3-5-10-16)20-22-15(2)13-29-20/h3-5,9-10,13-14H,6-8,11-12H2,1-2H3,(H,23,28). The third-order valence-corrected chi connectivity index (χ3v) is 6.80. The van der Waals surface area contributed by atoms with Gasteiger partial charge >= 0.3 is 6.03 Å². The van der Waals surface area contributed by atoms with Gasteiger partial charge in [0.2, 0.25) is 0 Å². The Bertz CT molecular complexity index is 944. The van der Waals surface area contributed by atoms with Crippen molar-refractivity contribution in [1.82, 2.24) is 15.2 Å². The lowest BCUT2D eigenvalue weighted by Gasteiger charge is -2.36. The molecule has 152 valence electrons. The first-order valence-electron chi connectivity index (χ1n) is 9.86. The number of amides is 4. The largest absolute Gasteiger partial charge is 0.325 e. The number of anilines is 2. The van der Waals surface area contributed by atoms with Crippen molar-refractivity contribution in [3.8, 4) is 0 Å². The van der Waals surface area contributed by atoms with E-state index in [1.807, 2.05) is 49.6 Å². The number of aromatic nitrogens is 1. The van der Waals surface area contributed by atoms with E-state index in [-0.39, 0.29) is 24.3 Å². The van der Waals surface area contributed by atoms with Crippen LogP contribution in [0, 0.1) is 12.8 Å². The molecule has 2 atom stereocenters. The minimum atomic E-state index is -0.870. The molecule has 0 radical (unpaired) electrons. The van der Waals surface area contributed by atoms with E-state index in [0.29, 0.717) is 17.2 Å². The molecular weight excluding hydrogens is 388 g/mol. The molecule has 1 saturated carbocycles. The summed E-state index contributed by atoms with van der Waals surface area (Å²) in [6.45, 7) is 3.54. The van der Waals surface area contributed by atoms with Crippen LogP contribution < -0.4 is 10.2 Å². The molecule has 1 aliphatic heterocycles. The molecular formula is C21H24N4O3S. The molecule has 1 spiro atoms. The van der Waals surface area contributed by atoms with Crippen molar-refractivity contribution in [3.05, 3.63) is 41.4 Å². The van der Waals surface area contributed by atoms with Gasteiger partial charge in [0.05, 0.1) is 11.4 Å². The zero-order chi connectivity index (χ0) is 20.6. The maximum atomic E-state index is 13.3. The highest BCUT2D eigenvalue weighted by Crippen LogP contribution is 2.38. The van der Waals surface area contributed by atoms with Gasteiger partial charge in [0.1, 0.15) is 12.1 Å². The quantitative estimate of drug-likeness (QED) is 0.778. The summed E-state index contributed by atoms with van der Waals surface area (Å²) < 4.78 is 0. The highest BCUT2D eigenvalue weighted by atomic mass is 32.1. The summed E-state index contributed by atoms with van der Waals surface area (Å²) in [4.78, 5) is 46.1. The average molecular weight is 413 g/mol. The maximum Gasteiger partial charge on any atom is 0.325 e. The van der Waals surface area contributed by atoms with Crippen molar-refractivity contribution in [2.45, 2.75) is 45.1 Å². The van der Waals surface area contributed by atoms with E-state index in [9.17, 15) is 14.4 Å². The Morgan fingerprint density at radius 2 is 2.07 bits per heavy atom. The van der Waals surface area contributed by atoms with Gasteiger partial charge in [-0.2, -0.15) is 0 Å². The van der Waals surface area contributed by atoms with E-state index in [2.05, 4.69) is 10.3 Å². The highest BCUT2D eigenvalue weighted by Gasteiger charge is 2.55. The molecule has 2 aromatic rings. The van der Waals surface area contributed by atoms with Crippen molar-refractivity contribution in [3.63, 3.8) is 0 Å². The zero-order valence-corrected chi connectivity index (χ0v) is 17.4. The molecule has 2 heterocycles. The fraction of sp³-hybridized carbons (Fsp3) is 0.429. The molecule has 1 aromatic heterocycles. The lowest BCUT2D eigenvalue weighted by Crippen LogP contribution is -2.54. The van der Waals surface area contributed by atoms with Crippen LogP contribution in [0.3, 0.4) is 0 Å². The molecule has 1 saturated heterocycles. The van der Waals surface area contributed by atoms with Crippen LogP contribution in [-0.4, -0.2) is 39.8 Å². The Balaban J connectivity index is 1.61. The summed E-state index contributed by atoms with van der Waals surface area (Å²) in [6.07, 6.45) is 3.46. The van der Waals surface area contributed by atoms with E-state index in [1.54, 1.807) is 0 Å². The predicted molar refractivity (Wildman–Crippen MR) is 111 cm³/mol. The summed E-state index contributed by atoms with van der Waals surface area (Å²) in [7, 11) is 0. The molecule has 4 amide bonds. The summed E-state index contributed by atoms with van der Waals surface area (Å²) >= 11 is 1.35. The summed E-state index contributed by atoms with van der Waals surface area (Å²) in [5, 5.41) is 5.29. The molecule has 7 nitrogen and oxygen atoms in total. The molecule has 1 aliphatic carbocycles. The number of nitrogens with zero attached hydrogens (tertiary/aromatic N) is 3. The van der Waals surface area contributed by atoms with Crippen LogP contribution in [0.25, 0.3) is 0 Å². The molecule has 1 N–H and O–H groups in total. The second kappa shape index (κ2) is 7.59. The van der Waals surface area contributed by atoms with Crippen molar-refractivity contribution in [1.29, 1.82) is 0 Å². The number of rotatable bonds is 4. The minimum Gasteiger partial charge on any atom is -0.323 e. The number of hydrogen-bond donors (Lipinski definition) is 1. The van der Waals surface area contributed by atoms with Crippen LogP contribution in [0.4, 0.5) is 15.6 Å². The van der Waals surface area contributed by atoms with Gasteiger partial charge in [-0.1, -0.05) is 38.0 Å². The van der Waals surface area contributed by atoms with Crippen LogP contribution in [0.15, 0.2) is 35.7 Å². The van der Waals surface area contributed by atoms with Crippen LogP contribution in [0.5, 0.6) is 0 Å². The van der Waals surface area contributed by atoms with Gasteiger partial charge < -0.3 is 5.32 Å². The molecule has 0 bridgehead atoms. The predicted octanol–water partition coefficient (Wildman–Crippen LogP) is 3.62. The molecule has 1 aromatic carbocycles. The second-order valence-corrected chi connectivity index (χ2v) is 8.61. The fourth-order valence-electron chi connectivity index (χ4n) is 4.23. The number of hydrogen-bond acceptors (Lipinski definition) is 5. The number of thiazole rings is 1. The van der Waals surface area contributed by atoms with Gasteiger partial charge in [-0.25, -0.2) is 9.78 Å². The lowest BCUT2D eigenvalue weighted by molar-refractivity contribution is -0.136. The van der Waals surface area contributed by atoms with Crippen LogP contribution in [0.1, 0.15) is 38.3 Å². The van der Waals surface area contributed by atoms with Crippen molar-refractivity contribution in [2.75, 3.05) is 11.4 Å². The number of aryl methyl sites for hydroxylation is 1. The summed E-state index contributed by atoms with van der Waals surface area (Å²) in [5.74, 6) is -0.597. The van der Waals surface area contributed by atoms with Gasteiger partial charge in [0, 0.05) is 5.38 Å². The Kier molecular flexibility index (Phi) is 5.12. The lowest BCUT2D eigenvalue weighted by atomic mass is 9.73. The van der Waals surface area contributed by atoms with Gasteiger partial charge in [0.25, 0.3) is 11.8 Å². The van der Waals surface area contributed by atoms with Crippen LogP contribution in [-0.2, 0) is 9.59 Å². The third-order valence-electron chi connectivity index (χ3n) is 5.86. The summed E-state index contributed by atoms with van der Waals surface area (Å²) in [6, 6.07) is 8.67. The van der Waals surface area contributed by atoms with Crippen molar-refractivity contribution >= 4 is 40.0 Å². The van der Waals surface area contributed by atoms with Gasteiger partial charge in [0.15, 0.2) is 5.13 Å². The van der Waals surface area contributed by atoms with Crippen molar-refractivity contribution < 1.29 is 14.4 Å². The number of imide groups is 1. The number of carbonyl (C=O) groups excluding carboxylic acids is 3. The Hall–Kier alpha value is -2.74. The van der Waals surface area contributed by atoms with Gasteiger partial charge in [-0.15, -0.1) is 11.3 Å². The zero-order valence-electron chi connectivity index (χ0n) is 16.6. The first-order chi connectivity index (χ1) is 13.9. The van der Waals surface area contributed by atoms with E-state index in [1.165, 1.54) is 16.2 Å². The Labute approximate surface area is 173 Å². The minimum absolute atomic E-state index is 0.0552. The van der Waals surface area contributed by atoms with Gasteiger partial charge in [-0.05, 0) is 37.8 Å². The Morgan fingerprint density at radius 1 is 1.31 bits per heavy atom. The molecule has 2 fully saturated rings. The second-order valence-electron chi connectivity index (χ2n) is 7.78. The highest BCUT2D eigenvalue weighted by molar-refractivity contribution is 7.14. The van der Waals surface area contributed by atoms with E-state index in [0.717, 1.165) is 29.9 Å². The number of para-hydroxylation sites is 1. The van der Waals surface area contributed by atoms with E-state index < -0.39 is 11.6 Å². The average Bonchev–Trinajstić information content (AvgIpc) is 3.22. The number of nitrogens with one attached hydrogen (secondary N) is 1. The molecule has 29 heavy (non-hydrogen) atoms.